The van der Waals surface area contributed by atoms with Gasteiger partial charge in [-0.05, 0) is 37.5 Å². The van der Waals surface area contributed by atoms with E-state index in [1.165, 1.54) is 180 Å². The van der Waals surface area contributed by atoms with Crippen molar-refractivity contribution in [2.24, 2.45) is 11.8 Å². The number of phosphoric acid groups is 2. The van der Waals surface area contributed by atoms with Crippen LogP contribution >= 0.6 is 15.6 Å². The van der Waals surface area contributed by atoms with E-state index in [1.54, 1.807) is 0 Å². The molecule has 0 saturated heterocycles. The number of rotatable bonds is 71. The van der Waals surface area contributed by atoms with Crippen LogP contribution in [0.4, 0.5) is 0 Å². The van der Waals surface area contributed by atoms with E-state index in [0.29, 0.717) is 31.6 Å². The molecule has 0 fully saturated rings. The number of carbonyl (C=O) groups is 4. The molecule has 0 spiro atoms. The van der Waals surface area contributed by atoms with Crippen molar-refractivity contribution >= 4 is 39.5 Å². The van der Waals surface area contributed by atoms with Crippen LogP contribution in [0.1, 0.15) is 369 Å². The molecular formula is C72H140O17P2. The van der Waals surface area contributed by atoms with Crippen LogP contribution in [-0.4, -0.2) is 96.7 Å². The summed E-state index contributed by atoms with van der Waals surface area (Å²) in [4.78, 5) is 72.4. The molecule has 6 atom stereocenters. The van der Waals surface area contributed by atoms with E-state index < -0.39 is 97.5 Å². The summed E-state index contributed by atoms with van der Waals surface area (Å²) < 4.78 is 68.2. The molecule has 540 valence electrons. The number of hydrogen-bond acceptors (Lipinski definition) is 15. The van der Waals surface area contributed by atoms with Crippen LogP contribution in [0.15, 0.2) is 0 Å². The highest BCUT2D eigenvalue weighted by molar-refractivity contribution is 7.47. The Morgan fingerprint density at radius 3 is 0.835 bits per heavy atom. The van der Waals surface area contributed by atoms with Crippen molar-refractivity contribution < 1.29 is 80.2 Å². The molecule has 0 aliphatic carbocycles. The van der Waals surface area contributed by atoms with E-state index in [2.05, 4.69) is 41.5 Å². The van der Waals surface area contributed by atoms with Gasteiger partial charge in [0.15, 0.2) is 12.2 Å². The lowest BCUT2D eigenvalue weighted by Gasteiger charge is -2.21. The third-order valence-electron chi connectivity index (χ3n) is 17.1. The average Bonchev–Trinajstić information content (AvgIpc) is 2.20. The first-order chi connectivity index (χ1) is 43.9. The highest BCUT2D eigenvalue weighted by Crippen LogP contribution is 2.45. The minimum Gasteiger partial charge on any atom is -0.462 e. The highest BCUT2D eigenvalue weighted by Gasteiger charge is 2.30. The van der Waals surface area contributed by atoms with Crippen LogP contribution < -0.4 is 0 Å². The summed E-state index contributed by atoms with van der Waals surface area (Å²) in [5, 5.41) is 10.6. The summed E-state index contributed by atoms with van der Waals surface area (Å²) in [7, 11) is -9.90. The van der Waals surface area contributed by atoms with Gasteiger partial charge in [0.05, 0.1) is 26.4 Å². The standard InChI is InChI=1S/C72H140O17P2/c1-7-10-12-14-16-18-31-37-44-50-56-71(76)88-67(60-82-69(74)54-48-42-36-29-17-15-13-11-8-2)62-86-90(78,79)84-58-66(73)59-85-91(80,81)87-63-68(61-83-70(75)55-49-43-39-33-34-40-46-52-64(4)5)89-72(77)57-51-45-38-32-28-26-24-22-20-19-21-23-25-27-30-35-41-47-53-65(6)9-3/h64-68,73H,7-63H2,1-6H3,(H,78,79)(H,80,81)/t65?,66-,67+,68+/m0/s1. The number of aliphatic hydroxyl groups excluding tert-OH is 1. The maximum Gasteiger partial charge on any atom is 0.472 e. The van der Waals surface area contributed by atoms with Crippen molar-refractivity contribution in [3.63, 3.8) is 0 Å². The number of aliphatic hydroxyl groups is 1. The molecule has 0 aromatic rings. The molecule has 0 radical (unpaired) electrons. The first-order valence-corrected chi connectivity index (χ1v) is 40.5. The number of ether oxygens (including phenoxy) is 4. The lowest BCUT2D eigenvalue weighted by atomic mass is 9.99. The first kappa shape index (κ1) is 89.1. The quantitative estimate of drug-likeness (QED) is 0.0222. The molecule has 19 heteroatoms. The topological polar surface area (TPSA) is 237 Å². The Balaban J connectivity index is 5.12. The van der Waals surface area contributed by atoms with Gasteiger partial charge in [0.25, 0.3) is 0 Å². The Morgan fingerprint density at radius 2 is 0.560 bits per heavy atom. The maximum atomic E-state index is 13.0. The van der Waals surface area contributed by atoms with E-state index in [-0.39, 0.29) is 25.7 Å². The van der Waals surface area contributed by atoms with Gasteiger partial charge in [0.2, 0.25) is 0 Å². The normalized spacial score (nSPS) is 14.4. The van der Waals surface area contributed by atoms with Crippen LogP contribution in [-0.2, 0) is 65.4 Å². The molecule has 0 aliphatic heterocycles. The van der Waals surface area contributed by atoms with Crippen LogP contribution in [0.25, 0.3) is 0 Å². The molecule has 0 aromatic heterocycles. The smallest absolute Gasteiger partial charge is 0.462 e. The van der Waals surface area contributed by atoms with Crippen LogP contribution in [0.5, 0.6) is 0 Å². The first-order valence-electron chi connectivity index (χ1n) is 37.5. The van der Waals surface area contributed by atoms with Gasteiger partial charge in [-0.25, -0.2) is 9.13 Å². The largest absolute Gasteiger partial charge is 0.472 e. The second-order valence-corrected chi connectivity index (χ2v) is 29.6. The van der Waals surface area contributed by atoms with Crippen molar-refractivity contribution in [3.8, 4) is 0 Å². The van der Waals surface area contributed by atoms with Crippen LogP contribution in [0, 0.1) is 11.8 Å². The predicted octanol–water partition coefficient (Wildman–Crippen LogP) is 20.8. The fraction of sp³-hybridized carbons (Fsp3) is 0.944. The lowest BCUT2D eigenvalue weighted by Crippen LogP contribution is -2.30. The number of hydrogen-bond donors (Lipinski definition) is 3. The van der Waals surface area contributed by atoms with E-state index in [0.717, 1.165) is 102 Å². The van der Waals surface area contributed by atoms with Gasteiger partial charge in [-0.3, -0.25) is 37.3 Å². The number of phosphoric ester groups is 2. The van der Waals surface area contributed by atoms with Gasteiger partial charge in [0.1, 0.15) is 19.3 Å². The molecule has 0 aromatic carbocycles. The Morgan fingerprint density at radius 1 is 0.319 bits per heavy atom. The van der Waals surface area contributed by atoms with Crippen molar-refractivity contribution in [1.82, 2.24) is 0 Å². The predicted molar refractivity (Wildman–Crippen MR) is 368 cm³/mol. The van der Waals surface area contributed by atoms with Crippen LogP contribution in [0.3, 0.4) is 0 Å². The average molecular weight is 1340 g/mol. The van der Waals surface area contributed by atoms with Crippen LogP contribution in [0.2, 0.25) is 0 Å². The summed E-state index contributed by atoms with van der Waals surface area (Å²) in [6, 6.07) is 0. The van der Waals surface area contributed by atoms with Gasteiger partial charge < -0.3 is 33.8 Å². The number of esters is 4. The van der Waals surface area contributed by atoms with Crippen molar-refractivity contribution in [2.45, 2.75) is 387 Å². The monoisotopic (exact) mass is 1340 g/mol. The number of carbonyl (C=O) groups excluding carboxylic acids is 4. The zero-order chi connectivity index (χ0) is 67.2. The Hall–Kier alpha value is -1.94. The minimum absolute atomic E-state index is 0.106. The molecule has 0 heterocycles. The van der Waals surface area contributed by atoms with Gasteiger partial charge >= 0.3 is 39.5 Å². The van der Waals surface area contributed by atoms with E-state index in [4.69, 9.17) is 37.0 Å². The zero-order valence-electron chi connectivity index (χ0n) is 59.1. The van der Waals surface area contributed by atoms with Gasteiger partial charge in [0, 0.05) is 25.7 Å². The van der Waals surface area contributed by atoms with E-state index in [1.807, 2.05) is 0 Å². The van der Waals surface area contributed by atoms with E-state index >= 15 is 0 Å². The summed E-state index contributed by atoms with van der Waals surface area (Å²) in [5.41, 5.74) is 0. The third kappa shape index (κ3) is 65.1. The molecule has 17 nitrogen and oxygen atoms in total. The SMILES string of the molecule is CCCCCCCCCCCCC(=O)O[C@H](COC(=O)CCCCCCCCCCC)COP(=O)(O)OC[C@H](O)COP(=O)(O)OC[C@@H](COC(=O)CCCCCCCCCC(C)C)OC(=O)CCCCCCCCCCCCCCCCCCCCC(C)CC. The van der Waals surface area contributed by atoms with Crippen molar-refractivity contribution in [3.05, 3.63) is 0 Å². The molecule has 0 rings (SSSR count). The fourth-order valence-corrected chi connectivity index (χ4v) is 12.5. The highest BCUT2D eigenvalue weighted by atomic mass is 31.2. The summed E-state index contributed by atoms with van der Waals surface area (Å²) in [6.45, 7) is 9.54. The molecule has 0 amide bonds. The lowest BCUT2D eigenvalue weighted by molar-refractivity contribution is -0.161. The molecule has 91 heavy (non-hydrogen) atoms. The summed E-state index contributed by atoms with van der Waals surface area (Å²) in [6.07, 6.45) is 50.1. The van der Waals surface area contributed by atoms with Crippen molar-refractivity contribution in [1.29, 1.82) is 0 Å². The number of unbranched alkanes of at least 4 members (excludes halogenated alkanes) is 40. The fourth-order valence-electron chi connectivity index (χ4n) is 10.9. The van der Waals surface area contributed by atoms with E-state index in [9.17, 15) is 43.2 Å². The zero-order valence-corrected chi connectivity index (χ0v) is 60.9. The second-order valence-electron chi connectivity index (χ2n) is 26.7. The Bertz CT molecular complexity index is 1770. The molecule has 0 aliphatic rings. The second kappa shape index (κ2) is 64.1. The molecule has 0 saturated carbocycles. The summed E-state index contributed by atoms with van der Waals surface area (Å²) >= 11 is 0. The third-order valence-corrected chi connectivity index (χ3v) is 19.0. The molecule has 3 N–H and O–H groups in total. The molecule has 3 unspecified atom stereocenters. The molecular weight excluding hydrogens is 1200 g/mol. The van der Waals surface area contributed by atoms with Gasteiger partial charge in [-0.15, -0.1) is 0 Å². The summed E-state index contributed by atoms with van der Waals surface area (Å²) in [5.74, 6) is -0.549. The van der Waals surface area contributed by atoms with Crippen molar-refractivity contribution in [2.75, 3.05) is 39.6 Å². The van der Waals surface area contributed by atoms with Gasteiger partial charge in [-0.1, -0.05) is 318 Å². The molecule has 0 bridgehead atoms. The minimum atomic E-state index is -4.95. The Kier molecular flexibility index (Phi) is 62.7. The Labute approximate surface area is 556 Å². The van der Waals surface area contributed by atoms with Gasteiger partial charge in [-0.2, -0.15) is 0 Å². The maximum absolute atomic E-state index is 13.0.